The smallest absolute Gasteiger partial charge is 0.165 e. The fourth-order valence-electron chi connectivity index (χ4n) is 2.87. The van der Waals surface area contributed by atoms with Gasteiger partial charge in [-0.15, -0.1) is 10.2 Å². The molecule has 0 bridgehead atoms. The molecule has 1 aromatic carbocycles. The minimum absolute atomic E-state index is 0.184. The molecular weight excluding hydrogens is 328 g/mol. The molecule has 0 radical (unpaired) electrons. The summed E-state index contributed by atoms with van der Waals surface area (Å²) in [6.07, 6.45) is 4.94. The van der Waals surface area contributed by atoms with Gasteiger partial charge in [-0.05, 0) is 36.8 Å². The summed E-state index contributed by atoms with van der Waals surface area (Å²) in [5.41, 5.74) is 1.92. The minimum Gasteiger partial charge on any atom is -0.497 e. The molecule has 0 saturated heterocycles. The molecule has 0 amide bonds. The Labute approximate surface area is 152 Å². The Morgan fingerprint density at radius 1 is 1.15 bits per heavy atom. The van der Waals surface area contributed by atoms with Crippen LogP contribution in [0.2, 0.25) is 0 Å². The molecule has 3 rings (SSSR count). The van der Waals surface area contributed by atoms with Crippen molar-refractivity contribution in [1.82, 2.24) is 19.7 Å². The van der Waals surface area contributed by atoms with E-state index in [-0.39, 0.29) is 5.78 Å². The van der Waals surface area contributed by atoms with Crippen molar-refractivity contribution in [1.29, 1.82) is 0 Å². The SMILES string of the molecule is CCn1c(CCC(=O)Cc2ccc(OC)cc2)nnc1-c1cccnc1. The molecule has 134 valence electrons. The number of rotatable bonds is 8. The number of pyridine rings is 1. The number of Topliss-reactive ketones (excluding diaryl/α,β-unsaturated/α-hetero) is 1. The number of carbonyl (C=O) groups excluding carboxylic acids is 1. The highest BCUT2D eigenvalue weighted by molar-refractivity contribution is 5.81. The molecule has 6 nitrogen and oxygen atoms in total. The summed E-state index contributed by atoms with van der Waals surface area (Å²) in [6.45, 7) is 2.80. The molecule has 3 aromatic rings. The quantitative estimate of drug-likeness (QED) is 0.624. The number of ketones is 1. The average molecular weight is 350 g/mol. The predicted molar refractivity (Wildman–Crippen MR) is 99.0 cm³/mol. The fraction of sp³-hybridized carbons (Fsp3) is 0.300. The normalized spacial score (nSPS) is 10.7. The zero-order chi connectivity index (χ0) is 18.4. The number of ether oxygens (including phenoxy) is 1. The highest BCUT2D eigenvalue weighted by Gasteiger charge is 2.14. The van der Waals surface area contributed by atoms with E-state index in [1.807, 2.05) is 47.9 Å². The van der Waals surface area contributed by atoms with E-state index in [9.17, 15) is 4.79 Å². The second kappa shape index (κ2) is 8.38. The van der Waals surface area contributed by atoms with Crippen LogP contribution in [-0.4, -0.2) is 32.6 Å². The maximum absolute atomic E-state index is 12.3. The Morgan fingerprint density at radius 2 is 1.96 bits per heavy atom. The molecule has 0 fully saturated rings. The zero-order valence-corrected chi connectivity index (χ0v) is 15.1. The summed E-state index contributed by atoms with van der Waals surface area (Å²) in [5, 5.41) is 8.57. The second-order valence-corrected chi connectivity index (χ2v) is 5.99. The van der Waals surface area contributed by atoms with Crippen molar-refractivity contribution >= 4 is 5.78 Å². The van der Waals surface area contributed by atoms with Gasteiger partial charge in [-0.3, -0.25) is 9.78 Å². The Bertz CT molecular complexity index is 857. The van der Waals surface area contributed by atoms with E-state index in [4.69, 9.17) is 4.74 Å². The van der Waals surface area contributed by atoms with Gasteiger partial charge in [0.1, 0.15) is 17.4 Å². The van der Waals surface area contributed by atoms with Crippen LogP contribution in [0.3, 0.4) is 0 Å². The van der Waals surface area contributed by atoms with Crippen LogP contribution in [-0.2, 0) is 24.2 Å². The summed E-state index contributed by atoms with van der Waals surface area (Å²) in [4.78, 5) is 16.5. The van der Waals surface area contributed by atoms with E-state index in [0.29, 0.717) is 19.3 Å². The lowest BCUT2D eigenvalue weighted by atomic mass is 10.1. The number of hydrogen-bond donors (Lipinski definition) is 0. The van der Waals surface area contributed by atoms with Gasteiger partial charge >= 0.3 is 0 Å². The minimum atomic E-state index is 0.184. The molecule has 0 aliphatic carbocycles. The molecule has 0 aliphatic rings. The average Bonchev–Trinajstić information content (AvgIpc) is 3.10. The molecule has 0 saturated carbocycles. The molecule has 2 aromatic heterocycles. The van der Waals surface area contributed by atoms with Crippen LogP contribution in [0.25, 0.3) is 11.4 Å². The summed E-state index contributed by atoms with van der Waals surface area (Å²) in [6, 6.07) is 11.4. The van der Waals surface area contributed by atoms with Gasteiger partial charge in [0.05, 0.1) is 7.11 Å². The largest absolute Gasteiger partial charge is 0.497 e. The van der Waals surface area contributed by atoms with Gasteiger partial charge in [-0.25, -0.2) is 0 Å². The highest BCUT2D eigenvalue weighted by Crippen LogP contribution is 2.18. The third-order valence-corrected chi connectivity index (χ3v) is 4.25. The van der Waals surface area contributed by atoms with Crippen LogP contribution in [0, 0.1) is 0 Å². The first-order valence-corrected chi connectivity index (χ1v) is 8.68. The molecule has 0 aliphatic heterocycles. The molecule has 6 heteroatoms. The number of methoxy groups -OCH3 is 1. The van der Waals surface area contributed by atoms with Gasteiger partial charge in [0.2, 0.25) is 0 Å². The molecule has 0 atom stereocenters. The maximum Gasteiger partial charge on any atom is 0.165 e. The Kier molecular flexibility index (Phi) is 5.73. The Morgan fingerprint density at radius 3 is 2.62 bits per heavy atom. The summed E-state index contributed by atoms with van der Waals surface area (Å²) >= 11 is 0. The van der Waals surface area contributed by atoms with Crippen LogP contribution in [0.15, 0.2) is 48.8 Å². The number of aromatic nitrogens is 4. The van der Waals surface area contributed by atoms with Crippen LogP contribution >= 0.6 is 0 Å². The van der Waals surface area contributed by atoms with E-state index in [0.717, 1.165) is 35.1 Å². The predicted octanol–water partition coefficient (Wildman–Crippen LogP) is 3.11. The van der Waals surface area contributed by atoms with Crippen molar-refractivity contribution in [2.24, 2.45) is 0 Å². The number of nitrogens with zero attached hydrogens (tertiary/aromatic N) is 4. The second-order valence-electron chi connectivity index (χ2n) is 5.99. The van der Waals surface area contributed by atoms with Gasteiger partial charge < -0.3 is 9.30 Å². The highest BCUT2D eigenvalue weighted by atomic mass is 16.5. The monoisotopic (exact) mass is 350 g/mol. The van der Waals surface area contributed by atoms with Crippen molar-refractivity contribution in [2.45, 2.75) is 32.7 Å². The first-order valence-electron chi connectivity index (χ1n) is 8.68. The summed E-state index contributed by atoms with van der Waals surface area (Å²) < 4.78 is 7.18. The standard InChI is InChI=1S/C20H22N4O2/c1-3-24-19(22-23-20(24)16-5-4-12-21-14-16)11-8-17(25)13-15-6-9-18(26-2)10-7-15/h4-7,9-10,12,14H,3,8,11,13H2,1-2H3. The van der Waals surface area contributed by atoms with Gasteiger partial charge in [0.15, 0.2) is 5.82 Å². The van der Waals surface area contributed by atoms with Crippen LogP contribution < -0.4 is 4.74 Å². The van der Waals surface area contributed by atoms with E-state index >= 15 is 0 Å². The lowest BCUT2D eigenvalue weighted by molar-refractivity contribution is -0.118. The molecule has 2 heterocycles. The number of carbonyl (C=O) groups is 1. The number of hydrogen-bond acceptors (Lipinski definition) is 5. The van der Waals surface area contributed by atoms with E-state index in [2.05, 4.69) is 15.2 Å². The van der Waals surface area contributed by atoms with E-state index in [1.165, 1.54) is 0 Å². The van der Waals surface area contributed by atoms with Gasteiger partial charge in [0, 0.05) is 43.8 Å². The summed E-state index contributed by atoms with van der Waals surface area (Å²) in [5.74, 6) is 2.59. The Hall–Kier alpha value is -3.02. The molecular formula is C20H22N4O2. The fourth-order valence-corrected chi connectivity index (χ4v) is 2.87. The van der Waals surface area contributed by atoms with Gasteiger partial charge in [-0.2, -0.15) is 0 Å². The Balaban J connectivity index is 1.64. The number of benzene rings is 1. The lowest BCUT2D eigenvalue weighted by Crippen LogP contribution is -2.09. The van der Waals surface area contributed by atoms with Gasteiger partial charge in [-0.1, -0.05) is 12.1 Å². The lowest BCUT2D eigenvalue weighted by Gasteiger charge is -2.07. The first-order chi connectivity index (χ1) is 12.7. The van der Waals surface area contributed by atoms with Crippen molar-refractivity contribution in [3.05, 3.63) is 60.2 Å². The van der Waals surface area contributed by atoms with E-state index in [1.54, 1.807) is 19.5 Å². The maximum atomic E-state index is 12.3. The third-order valence-electron chi connectivity index (χ3n) is 4.25. The van der Waals surface area contributed by atoms with Crippen molar-refractivity contribution < 1.29 is 9.53 Å². The molecule has 0 spiro atoms. The topological polar surface area (TPSA) is 69.9 Å². The molecule has 0 unspecified atom stereocenters. The first kappa shape index (κ1) is 17.8. The van der Waals surface area contributed by atoms with E-state index < -0.39 is 0 Å². The van der Waals surface area contributed by atoms with Gasteiger partial charge in [0.25, 0.3) is 0 Å². The molecule has 0 N–H and O–H groups in total. The third kappa shape index (κ3) is 4.14. The number of aryl methyl sites for hydroxylation is 1. The van der Waals surface area contributed by atoms with Crippen molar-refractivity contribution in [3.8, 4) is 17.1 Å². The molecule has 26 heavy (non-hydrogen) atoms. The summed E-state index contributed by atoms with van der Waals surface area (Å²) in [7, 11) is 1.63. The van der Waals surface area contributed by atoms with Crippen molar-refractivity contribution in [3.63, 3.8) is 0 Å². The van der Waals surface area contributed by atoms with Crippen LogP contribution in [0.4, 0.5) is 0 Å². The van der Waals surface area contributed by atoms with Crippen molar-refractivity contribution in [2.75, 3.05) is 7.11 Å². The van der Waals surface area contributed by atoms with Crippen LogP contribution in [0.1, 0.15) is 24.7 Å². The van der Waals surface area contributed by atoms with Crippen LogP contribution in [0.5, 0.6) is 5.75 Å². The zero-order valence-electron chi connectivity index (χ0n) is 15.1.